The lowest BCUT2D eigenvalue weighted by Gasteiger charge is -2.33. The number of morpholine rings is 1. The number of carbonyl (C=O) groups excluding carboxylic acids is 1. The fourth-order valence-electron chi connectivity index (χ4n) is 3.15. The van der Waals surface area contributed by atoms with Crippen molar-refractivity contribution in [1.82, 2.24) is 10.2 Å². The van der Waals surface area contributed by atoms with Crippen LogP contribution in [0.1, 0.15) is 23.6 Å². The zero-order chi connectivity index (χ0) is 15.5. The highest BCUT2D eigenvalue weighted by Crippen LogP contribution is 2.31. The van der Waals surface area contributed by atoms with Crippen molar-refractivity contribution < 1.29 is 18.7 Å². The molecule has 2 atom stereocenters. The molecule has 2 amide bonds. The van der Waals surface area contributed by atoms with E-state index < -0.39 is 0 Å². The molecule has 1 aliphatic carbocycles. The number of nitrogens with one attached hydrogen (secondary N) is 1. The Labute approximate surface area is 129 Å². The van der Waals surface area contributed by atoms with Gasteiger partial charge in [-0.15, -0.1) is 0 Å². The first-order chi connectivity index (χ1) is 10.7. The number of amides is 2. The Morgan fingerprint density at radius 1 is 1.55 bits per heavy atom. The molecule has 0 aromatic heterocycles. The third-order valence-corrected chi connectivity index (χ3v) is 4.26. The van der Waals surface area contributed by atoms with E-state index in [1.807, 2.05) is 0 Å². The molecule has 0 spiro atoms. The van der Waals surface area contributed by atoms with Crippen molar-refractivity contribution in [3.63, 3.8) is 0 Å². The normalized spacial score (nSPS) is 24.2. The van der Waals surface area contributed by atoms with Crippen LogP contribution >= 0.6 is 0 Å². The number of fused-ring (bicyclic) bond motifs is 1. The van der Waals surface area contributed by atoms with Crippen LogP contribution in [0.25, 0.3) is 0 Å². The Kier molecular flexibility index (Phi) is 4.59. The molecule has 22 heavy (non-hydrogen) atoms. The largest absolute Gasteiger partial charge is 0.382 e. The zero-order valence-electron chi connectivity index (χ0n) is 12.7. The maximum Gasteiger partial charge on any atom is 0.318 e. The van der Waals surface area contributed by atoms with Gasteiger partial charge in [0.15, 0.2) is 0 Å². The van der Waals surface area contributed by atoms with Crippen molar-refractivity contribution in [1.29, 1.82) is 0 Å². The number of halogens is 1. The highest BCUT2D eigenvalue weighted by atomic mass is 19.1. The van der Waals surface area contributed by atoms with Crippen LogP contribution in [-0.2, 0) is 15.9 Å². The van der Waals surface area contributed by atoms with Gasteiger partial charge in [-0.25, -0.2) is 9.18 Å². The molecule has 1 aliphatic heterocycles. The highest BCUT2D eigenvalue weighted by molar-refractivity contribution is 5.75. The van der Waals surface area contributed by atoms with Crippen molar-refractivity contribution >= 4 is 6.03 Å². The number of rotatable bonds is 3. The van der Waals surface area contributed by atoms with Crippen molar-refractivity contribution in [3.05, 3.63) is 35.1 Å². The molecule has 0 unspecified atom stereocenters. The number of nitrogens with zero attached hydrogens (tertiary/aromatic N) is 1. The lowest BCUT2D eigenvalue weighted by atomic mass is 10.1. The number of aryl methyl sites for hydroxylation is 1. The zero-order valence-corrected chi connectivity index (χ0v) is 12.7. The quantitative estimate of drug-likeness (QED) is 0.927. The summed E-state index contributed by atoms with van der Waals surface area (Å²) in [5.41, 5.74) is 2.01. The molecular weight excluding hydrogens is 287 g/mol. The Bertz CT molecular complexity index is 550. The van der Waals surface area contributed by atoms with E-state index in [9.17, 15) is 9.18 Å². The topological polar surface area (TPSA) is 50.8 Å². The predicted octanol–water partition coefficient (Wildman–Crippen LogP) is 1.87. The second-order valence-electron chi connectivity index (χ2n) is 5.78. The Hall–Kier alpha value is -1.66. The number of benzene rings is 1. The van der Waals surface area contributed by atoms with Crippen molar-refractivity contribution in [2.24, 2.45) is 0 Å². The molecule has 0 saturated carbocycles. The average Bonchev–Trinajstić information content (AvgIpc) is 2.90. The maximum atomic E-state index is 13.4. The van der Waals surface area contributed by atoms with Gasteiger partial charge in [0.05, 0.1) is 31.9 Å². The van der Waals surface area contributed by atoms with E-state index in [1.54, 1.807) is 18.1 Å². The van der Waals surface area contributed by atoms with Crippen LogP contribution in [-0.4, -0.2) is 50.4 Å². The third-order valence-electron chi connectivity index (χ3n) is 4.26. The summed E-state index contributed by atoms with van der Waals surface area (Å²) in [7, 11) is 1.62. The molecule has 5 nitrogen and oxygen atoms in total. The average molecular weight is 308 g/mol. The van der Waals surface area contributed by atoms with Crippen LogP contribution in [0.5, 0.6) is 0 Å². The molecule has 3 rings (SSSR count). The van der Waals surface area contributed by atoms with Gasteiger partial charge in [0.25, 0.3) is 0 Å². The standard InChI is InChI=1S/C16H21FN2O3/c1-21-10-13-9-19(6-7-22-13)16(20)18-15-5-3-11-2-4-12(17)8-14(11)15/h2,4,8,13,15H,3,5-7,9-10H2,1H3,(H,18,20)/t13-,15+/m1/s1. The van der Waals surface area contributed by atoms with Gasteiger partial charge >= 0.3 is 6.03 Å². The minimum absolute atomic E-state index is 0.0854. The van der Waals surface area contributed by atoms with Crippen LogP contribution < -0.4 is 5.32 Å². The molecule has 0 radical (unpaired) electrons. The molecule has 1 heterocycles. The minimum atomic E-state index is -0.258. The van der Waals surface area contributed by atoms with Crippen LogP contribution in [0.15, 0.2) is 18.2 Å². The van der Waals surface area contributed by atoms with Crippen LogP contribution in [0.3, 0.4) is 0 Å². The Balaban J connectivity index is 1.62. The Morgan fingerprint density at radius 2 is 2.41 bits per heavy atom. The molecule has 1 saturated heterocycles. The van der Waals surface area contributed by atoms with E-state index in [2.05, 4.69) is 5.32 Å². The number of ether oxygens (including phenoxy) is 2. The maximum absolute atomic E-state index is 13.4. The van der Waals surface area contributed by atoms with E-state index in [-0.39, 0.29) is 24.0 Å². The van der Waals surface area contributed by atoms with Crippen molar-refractivity contribution in [2.75, 3.05) is 33.4 Å². The lowest BCUT2D eigenvalue weighted by Crippen LogP contribution is -2.51. The van der Waals surface area contributed by atoms with Gasteiger partial charge in [-0.05, 0) is 36.1 Å². The summed E-state index contributed by atoms with van der Waals surface area (Å²) in [6.45, 7) is 2.07. The highest BCUT2D eigenvalue weighted by Gasteiger charge is 2.29. The van der Waals surface area contributed by atoms with Crippen LogP contribution in [0, 0.1) is 5.82 Å². The van der Waals surface area contributed by atoms with Crippen LogP contribution in [0.4, 0.5) is 9.18 Å². The second-order valence-corrected chi connectivity index (χ2v) is 5.78. The minimum Gasteiger partial charge on any atom is -0.382 e. The molecule has 1 aromatic carbocycles. The van der Waals surface area contributed by atoms with Crippen molar-refractivity contribution in [2.45, 2.75) is 25.0 Å². The summed E-state index contributed by atoms with van der Waals surface area (Å²) in [6.07, 6.45) is 1.60. The van der Waals surface area contributed by atoms with E-state index in [0.29, 0.717) is 26.3 Å². The first-order valence-corrected chi connectivity index (χ1v) is 7.61. The van der Waals surface area contributed by atoms with Crippen LogP contribution in [0.2, 0.25) is 0 Å². The molecule has 1 aromatic rings. The summed E-state index contributed by atoms with van der Waals surface area (Å²) in [6, 6.07) is 4.58. The molecule has 6 heteroatoms. The summed E-state index contributed by atoms with van der Waals surface area (Å²) < 4.78 is 24.0. The van der Waals surface area contributed by atoms with E-state index in [1.165, 1.54) is 12.1 Å². The number of carbonyl (C=O) groups is 1. The number of urea groups is 1. The number of hydrogen-bond acceptors (Lipinski definition) is 3. The molecular formula is C16H21FN2O3. The van der Waals surface area contributed by atoms with Crippen molar-refractivity contribution in [3.8, 4) is 0 Å². The number of hydrogen-bond donors (Lipinski definition) is 1. The lowest BCUT2D eigenvalue weighted by molar-refractivity contribution is -0.0496. The van der Waals surface area contributed by atoms with Gasteiger partial charge in [-0.3, -0.25) is 0 Å². The summed E-state index contributed by atoms with van der Waals surface area (Å²) >= 11 is 0. The molecule has 1 N–H and O–H groups in total. The SMILES string of the molecule is COC[C@H]1CN(C(=O)N[C@H]2CCc3ccc(F)cc32)CCO1. The molecule has 0 bridgehead atoms. The predicted molar refractivity (Wildman–Crippen MR) is 79.2 cm³/mol. The summed E-state index contributed by atoms with van der Waals surface area (Å²) in [4.78, 5) is 14.2. The monoisotopic (exact) mass is 308 g/mol. The second kappa shape index (κ2) is 6.62. The summed E-state index contributed by atoms with van der Waals surface area (Å²) in [5, 5.41) is 3.02. The van der Waals surface area contributed by atoms with Gasteiger partial charge in [0.2, 0.25) is 0 Å². The molecule has 1 fully saturated rings. The molecule has 2 aliphatic rings. The fraction of sp³-hybridized carbons (Fsp3) is 0.562. The van der Waals surface area contributed by atoms with E-state index in [4.69, 9.17) is 9.47 Å². The van der Waals surface area contributed by atoms with Gasteiger partial charge in [-0.1, -0.05) is 6.07 Å². The third kappa shape index (κ3) is 3.23. The van der Waals surface area contributed by atoms with Gasteiger partial charge in [-0.2, -0.15) is 0 Å². The summed E-state index contributed by atoms with van der Waals surface area (Å²) in [5.74, 6) is -0.258. The first-order valence-electron chi connectivity index (χ1n) is 7.61. The van der Waals surface area contributed by atoms with E-state index >= 15 is 0 Å². The van der Waals surface area contributed by atoms with Gasteiger partial charge in [0.1, 0.15) is 5.82 Å². The fourth-order valence-corrected chi connectivity index (χ4v) is 3.15. The number of methoxy groups -OCH3 is 1. The van der Waals surface area contributed by atoms with Gasteiger partial charge in [0, 0.05) is 13.7 Å². The van der Waals surface area contributed by atoms with E-state index in [0.717, 1.165) is 24.0 Å². The Morgan fingerprint density at radius 3 is 3.23 bits per heavy atom. The van der Waals surface area contributed by atoms with Gasteiger partial charge < -0.3 is 19.7 Å². The molecule has 120 valence electrons. The smallest absolute Gasteiger partial charge is 0.318 e. The first kappa shape index (κ1) is 15.2.